The molecule has 0 aliphatic carbocycles. The Hall–Kier alpha value is -2.61. The summed E-state index contributed by atoms with van der Waals surface area (Å²) in [6.45, 7) is 1.97. The first-order chi connectivity index (χ1) is 8.11. The topological polar surface area (TPSA) is 95.6 Å². The van der Waals surface area contributed by atoms with Crippen molar-refractivity contribution in [3.8, 4) is 17.5 Å². The summed E-state index contributed by atoms with van der Waals surface area (Å²) in [6.07, 6.45) is 0. The number of carbonyl (C=O) groups is 1. The molecule has 0 bridgehead atoms. The third kappa shape index (κ3) is 2.01. The van der Waals surface area contributed by atoms with Crippen molar-refractivity contribution in [2.45, 2.75) is 6.92 Å². The summed E-state index contributed by atoms with van der Waals surface area (Å²) in [5.74, 6) is -0.220. The number of hydrogen-bond acceptors (Lipinski definition) is 3. The van der Waals surface area contributed by atoms with E-state index >= 15 is 0 Å². The van der Waals surface area contributed by atoms with Gasteiger partial charge in [-0.3, -0.25) is 4.79 Å². The first-order valence-corrected chi connectivity index (χ1v) is 4.98. The van der Waals surface area contributed by atoms with Crippen LogP contribution in [0.1, 0.15) is 21.7 Å². The van der Waals surface area contributed by atoms with Crippen LogP contribution in [0.25, 0.3) is 11.4 Å². The number of carbonyl (C=O) groups excluding carboxylic acids is 1. The van der Waals surface area contributed by atoms with Gasteiger partial charge in [0.1, 0.15) is 17.6 Å². The van der Waals surface area contributed by atoms with E-state index in [9.17, 15) is 4.79 Å². The zero-order chi connectivity index (χ0) is 12.4. The number of aryl methyl sites for hydroxylation is 1. The van der Waals surface area contributed by atoms with Gasteiger partial charge in [-0.2, -0.15) is 5.26 Å². The lowest BCUT2D eigenvalue weighted by Crippen LogP contribution is -2.13. The maximum atomic E-state index is 11.1. The second kappa shape index (κ2) is 4.10. The molecule has 0 fully saturated rings. The summed E-state index contributed by atoms with van der Waals surface area (Å²) in [5, 5.41) is 8.83. The van der Waals surface area contributed by atoms with Gasteiger partial charge >= 0.3 is 0 Å². The lowest BCUT2D eigenvalue weighted by molar-refractivity contribution is 0.0996. The van der Waals surface area contributed by atoms with Gasteiger partial charge in [-0.05, 0) is 6.92 Å². The number of nitrogens with two attached hydrogens (primary N) is 1. The van der Waals surface area contributed by atoms with Crippen LogP contribution < -0.4 is 5.73 Å². The first kappa shape index (κ1) is 10.9. The highest BCUT2D eigenvalue weighted by Gasteiger charge is 2.15. The molecule has 0 atom stereocenters. The number of amides is 1. The van der Waals surface area contributed by atoms with E-state index in [2.05, 4.69) is 9.97 Å². The van der Waals surface area contributed by atoms with Crippen LogP contribution in [0.3, 0.4) is 0 Å². The van der Waals surface area contributed by atoms with Crippen LogP contribution in [-0.2, 0) is 0 Å². The molecule has 5 nitrogen and oxygen atoms in total. The van der Waals surface area contributed by atoms with Crippen LogP contribution in [0.5, 0.6) is 0 Å². The molecule has 1 aromatic carbocycles. The van der Waals surface area contributed by atoms with Gasteiger partial charge in [0, 0.05) is 5.56 Å². The summed E-state index contributed by atoms with van der Waals surface area (Å²) >= 11 is 0. The largest absolute Gasteiger partial charge is 0.364 e. The maximum Gasteiger partial charge on any atom is 0.268 e. The average molecular weight is 226 g/mol. The van der Waals surface area contributed by atoms with E-state index in [1.54, 1.807) is 0 Å². The van der Waals surface area contributed by atoms with E-state index in [1.165, 1.54) is 0 Å². The van der Waals surface area contributed by atoms with Crippen molar-refractivity contribution in [3.05, 3.63) is 41.2 Å². The van der Waals surface area contributed by atoms with Crippen molar-refractivity contribution in [3.63, 3.8) is 0 Å². The Morgan fingerprint density at radius 2 is 2.06 bits per heavy atom. The molecule has 0 spiro atoms. The number of rotatable bonds is 2. The molecule has 84 valence electrons. The lowest BCUT2D eigenvalue weighted by atomic mass is 10.1. The fraction of sp³-hybridized carbons (Fsp3) is 0.0833. The number of H-pyrrole nitrogens is 1. The maximum absolute atomic E-state index is 11.1. The SMILES string of the molecule is Cc1ccc(-c2nc(C#N)c(C(N)=O)[nH]2)cc1. The molecular weight excluding hydrogens is 216 g/mol. The summed E-state index contributed by atoms with van der Waals surface area (Å²) in [5.41, 5.74) is 7.14. The standard InChI is InChI=1S/C12H10N4O/c1-7-2-4-8(5-3-7)12-15-9(6-13)10(16-12)11(14)17/h2-5H,1H3,(H2,14,17)(H,15,16). The summed E-state index contributed by atoms with van der Waals surface area (Å²) < 4.78 is 0. The van der Waals surface area contributed by atoms with E-state index in [0.29, 0.717) is 5.82 Å². The van der Waals surface area contributed by atoms with E-state index in [-0.39, 0.29) is 11.4 Å². The first-order valence-electron chi connectivity index (χ1n) is 4.98. The van der Waals surface area contributed by atoms with E-state index in [1.807, 2.05) is 37.3 Å². The van der Waals surface area contributed by atoms with Crippen LogP contribution in [0, 0.1) is 18.3 Å². The fourth-order valence-electron chi connectivity index (χ4n) is 1.48. The molecule has 0 radical (unpaired) electrons. The summed E-state index contributed by atoms with van der Waals surface area (Å²) in [4.78, 5) is 17.9. The Morgan fingerprint density at radius 1 is 1.41 bits per heavy atom. The van der Waals surface area contributed by atoms with Crippen LogP contribution in [0.2, 0.25) is 0 Å². The lowest BCUT2D eigenvalue weighted by Gasteiger charge is -1.96. The number of imidazole rings is 1. The van der Waals surface area contributed by atoms with Crippen LogP contribution >= 0.6 is 0 Å². The number of nitriles is 1. The zero-order valence-electron chi connectivity index (χ0n) is 9.19. The molecule has 0 aliphatic heterocycles. The Bertz CT molecular complexity index is 604. The minimum atomic E-state index is -0.688. The van der Waals surface area contributed by atoms with Gasteiger partial charge in [0.2, 0.25) is 0 Å². The molecule has 2 aromatic rings. The molecule has 0 saturated carbocycles. The monoisotopic (exact) mass is 226 g/mol. The average Bonchev–Trinajstić information content (AvgIpc) is 2.74. The third-order valence-corrected chi connectivity index (χ3v) is 2.38. The number of nitrogens with zero attached hydrogens (tertiary/aromatic N) is 2. The second-order valence-corrected chi connectivity index (χ2v) is 3.65. The van der Waals surface area contributed by atoms with Crippen molar-refractivity contribution in [1.29, 1.82) is 5.26 Å². The Morgan fingerprint density at radius 3 is 2.53 bits per heavy atom. The number of aromatic amines is 1. The van der Waals surface area contributed by atoms with Crippen LogP contribution in [-0.4, -0.2) is 15.9 Å². The minimum Gasteiger partial charge on any atom is -0.364 e. The number of hydrogen-bond donors (Lipinski definition) is 2. The van der Waals surface area contributed by atoms with Gasteiger partial charge in [-0.25, -0.2) is 4.98 Å². The van der Waals surface area contributed by atoms with Gasteiger partial charge < -0.3 is 10.7 Å². The summed E-state index contributed by atoms with van der Waals surface area (Å²) in [7, 11) is 0. The Balaban J connectivity index is 2.51. The molecule has 3 N–H and O–H groups in total. The molecule has 2 rings (SSSR count). The molecule has 5 heteroatoms. The van der Waals surface area contributed by atoms with Gasteiger partial charge in [-0.15, -0.1) is 0 Å². The summed E-state index contributed by atoms with van der Waals surface area (Å²) in [6, 6.07) is 9.41. The van der Waals surface area contributed by atoms with Gasteiger partial charge in [0.15, 0.2) is 5.69 Å². The highest BCUT2D eigenvalue weighted by Crippen LogP contribution is 2.18. The molecule has 1 heterocycles. The van der Waals surface area contributed by atoms with Gasteiger partial charge in [0.25, 0.3) is 5.91 Å². The highest BCUT2D eigenvalue weighted by atomic mass is 16.1. The third-order valence-electron chi connectivity index (χ3n) is 2.38. The number of nitrogens with one attached hydrogen (secondary N) is 1. The van der Waals surface area contributed by atoms with Crippen LogP contribution in [0.4, 0.5) is 0 Å². The van der Waals surface area contributed by atoms with E-state index in [0.717, 1.165) is 11.1 Å². The van der Waals surface area contributed by atoms with Crippen molar-refractivity contribution < 1.29 is 4.79 Å². The quantitative estimate of drug-likeness (QED) is 0.809. The molecule has 1 aromatic heterocycles. The minimum absolute atomic E-state index is 0.0214. The fourth-order valence-corrected chi connectivity index (χ4v) is 1.48. The van der Waals surface area contributed by atoms with Gasteiger partial charge in [-0.1, -0.05) is 29.8 Å². The molecule has 0 saturated heterocycles. The normalized spacial score (nSPS) is 9.88. The predicted molar refractivity (Wildman–Crippen MR) is 62.0 cm³/mol. The number of benzene rings is 1. The van der Waals surface area contributed by atoms with Crippen molar-refractivity contribution in [2.75, 3.05) is 0 Å². The smallest absolute Gasteiger partial charge is 0.268 e. The molecule has 0 unspecified atom stereocenters. The van der Waals surface area contributed by atoms with E-state index < -0.39 is 5.91 Å². The zero-order valence-corrected chi connectivity index (χ0v) is 9.19. The Labute approximate surface area is 97.9 Å². The molecular formula is C12H10N4O. The van der Waals surface area contributed by atoms with Crippen molar-refractivity contribution in [2.24, 2.45) is 5.73 Å². The van der Waals surface area contributed by atoms with Crippen molar-refractivity contribution >= 4 is 5.91 Å². The van der Waals surface area contributed by atoms with E-state index in [4.69, 9.17) is 11.0 Å². The molecule has 1 amide bonds. The predicted octanol–water partition coefficient (Wildman–Crippen LogP) is 1.36. The second-order valence-electron chi connectivity index (χ2n) is 3.65. The molecule has 17 heavy (non-hydrogen) atoms. The van der Waals surface area contributed by atoms with Gasteiger partial charge in [0.05, 0.1) is 0 Å². The molecule has 0 aliphatic rings. The van der Waals surface area contributed by atoms with Crippen LogP contribution in [0.15, 0.2) is 24.3 Å². The number of primary amides is 1. The van der Waals surface area contributed by atoms with Crippen molar-refractivity contribution in [1.82, 2.24) is 9.97 Å². The Kier molecular flexibility index (Phi) is 2.63. The highest BCUT2D eigenvalue weighted by molar-refractivity contribution is 5.93. The number of aromatic nitrogens is 2.